The van der Waals surface area contributed by atoms with E-state index in [9.17, 15) is 0 Å². The molecule has 2 rings (SSSR count). The molecule has 0 amide bonds. The van der Waals surface area contributed by atoms with Crippen LogP contribution in [0.2, 0.25) is 0 Å². The van der Waals surface area contributed by atoms with Gasteiger partial charge in [-0.2, -0.15) is 0 Å². The summed E-state index contributed by atoms with van der Waals surface area (Å²) in [7, 11) is 0. The SMILES string of the molecule is Cc1cc(-c2cccs2)nc(C(N)CO)n1. The van der Waals surface area contributed by atoms with Crippen molar-refractivity contribution in [3.8, 4) is 10.6 Å². The van der Waals surface area contributed by atoms with Crippen molar-refractivity contribution in [2.75, 3.05) is 6.61 Å². The lowest BCUT2D eigenvalue weighted by Gasteiger charge is -2.09. The highest BCUT2D eigenvalue weighted by Crippen LogP contribution is 2.23. The van der Waals surface area contributed by atoms with Crippen LogP contribution in [0.15, 0.2) is 23.6 Å². The van der Waals surface area contributed by atoms with Crippen molar-refractivity contribution >= 4 is 11.3 Å². The lowest BCUT2D eigenvalue weighted by molar-refractivity contribution is 0.263. The van der Waals surface area contributed by atoms with Gasteiger partial charge in [-0.15, -0.1) is 11.3 Å². The van der Waals surface area contributed by atoms with Crippen LogP contribution in [0.1, 0.15) is 17.6 Å². The molecule has 2 heterocycles. The second kappa shape index (κ2) is 4.69. The summed E-state index contributed by atoms with van der Waals surface area (Å²) in [6.07, 6.45) is 0. The molecule has 0 aliphatic heterocycles. The van der Waals surface area contributed by atoms with Crippen LogP contribution in [0, 0.1) is 6.92 Å². The normalized spacial score (nSPS) is 12.7. The number of nitrogens with two attached hydrogens (primary N) is 1. The molecule has 0 saturated carbocycles. The summed E-state index contributed by atoms with van der Waals surface area (Å²) in [5, 5.41) is 11.0. The van der Waals surface area contributed by atoms with E-state index in [0.717, 1.165) is 16.3 Å². The predicted octanol–water partition coefficient (Wildman–Crippen LogP) is 1.51. The Kier molecular flexibility index (Phi) is 3.28. The predicted molar refractivity (Wildman–Crippen MR) is 64.1 cm³/mol. The van der Waals surface area contributed by atoms with Crippen LogP contribution in [-0.4, -0.2) is 21.7 Å². The van der Waals surface area contributed by atoms with E-state index in [4.69, 9.17) is 10.8 Å². The molecule has 0 saturated heterocycles. The monoisotopic (exact) mass is 235 g/mol. The molecule has 0 aromatic carbocycles. The standard InChI is InChI=1S/C11H13N3OS/c1-7-5-9(10-3-2-4-16-10)14-11(13-7)8(12)6-15/h2-5,8,15H,6,12H2,1H3. The first-order valence-corrected chi connectivity index (χ1v) is 5.84. The van der Waals surface area contributed by atoms with Gasteiger partial charge in [0.2, 0.25) is 0 Å². The summed E-state index contributed by atoms with van der Waals surface area (Å²) in [5.74, 6) is 0.492. The Balaban J connectivity index is 2.44. The molecule has 0 fully saturated rings. The summed E-state index contributed by atoms with van der Waals surface area (Å²) in [6.45, 7) is 1.75. The third-order valence-electron chi connectivity index (χ3n) is 2.17. The van der Waals surface area contributed by atoms with E-state index in [1.807, 2.05) is 30.5 Å². The van der Waals surface area contributed by atoms with E-state index in [0.29, 0.717) is 5.82 Å². The molecule has 3 N–H and O–H groups in total. The smallest absolute Gasteiger partial charge is 0.148 e. The number of thiophene rings is 1. The van der Waals surface area contributed by atoms with Gasteiger partial charge >= 0.3 is 0 Å². The number of aromatic nitrogens is 2. The highest BCUT2D eigenvalue weighted by atomic mass is 32.1. The molecule has 2 aromatic heterocycles. The van der Waals surface area contributed by atoms with Crippen molar-refractivity contribution in [2.45, 2.75) is 13.0 Å². The van der Waals surface area contributed by atoms with Crippen molar-refractivity contribution < 1.29 is 5.11 Å². The van der Waals surface area contributed by atoms with Crippen molar-refractivity contribution in [3.63, 3.8) is 0 Å². The first-order chi connectivity index (χ1) is 7.70. The van der Waals surface area contributed by atoms with Crippen LogP contribution >= 0.6 is 11.3 Å². The molecule has 0 aliphatic carbocycles. The van der Waals surface area contributed by atoms with Crippen LogP contribution in [-0.2, 0) is 0 Å². The van der Waals surface area contributed by atoms with E-state index >= 15 is 0 Å². The van der Waals surface area contributed by atoms with Gasteiger partial charge in [-0.3, -0.25) is 0 Å². The van der Waals surface area contributed by atoms with E-state index < -0.39 is 6.04 Å². The molecule has 4 nitrogen and oxygen atoms in total. The van der Waals surface area contributed by atoms with Gasteiger partial charge in [0.15, 0.2) is 0 Å². The number of nitrogens with zero attached hydrogens (tertiary/aromatic N) is 2. The average Bonchev–Trinajstić information content (AvgIpc) is 2.80. The summed E-state index contributed by atoms with van der Waals surface area (Å²) >= 11 is 1.62. The zero-order valence-corrected chi connectivity index (χ0v) is 9.74. The Morgan fingerprint density at radius 2 is 2.31 bits per heavy atom. The Bertz CT molecular complexity index is 470. The minimum atomic E-state index is -0.515. The van der Waals surface area contributed by atoms with Crippen LogP contribution in [0.5, 0.6) is 0 Å². The molecular weight excluding hydrogens is 222 g/mol. The summed E-state index contributed by atoms with van der Waals surface area (Å²) in [6, 6.07) is 5.38. The summed E-state index contributed by atoms with van der Waals surface area (Å²) in [5.41, 5.74) is 7.43. The first kappa shape index (κ1) is 11.2. The summed E-state index contributed by atoms with van der Waals surface area (Å²) in [4.78, 5) is 9.66. The van der Waals surface area contributed by atoms with Gasteiger partial charge in [0.25, 0.3) is 0 Å². The van der Waals surface area contributed by atoms with Gasteiger partial charge in [0, 0.05) is 5.69 Å². The third kappa shape index (κ3) is 2.27. The van der Waals surface area contributed by atoms with Crippen molar-refractivity contribution in [3.05, 3.63) is 35.1 Å². The number of rotatable bonds is 3. The molecule has 0 aliphatic rings. The Morgan fingerprint density at radius 3 is 2.94 bits per heavy atom. The molecule has 84 valence electrons. The quantitative estimate of drug-likeness (QED) is 0.845. The van der Waals surface area contributed by atoms with Crippen molar-refractivity contribution in [2.24, 2.45) is 5.73 Å². The molecule has 5 heteroatoms. The highest BCUT2D eigenvalue weighted by molar-refractivity contribution is 7.13. The molecule has 2 aromatic rings. The summed E-state index contributed by atoms with van der Waals surface area (Å²) < 4.78 is 0. The van der Waals surface area contributed by atoms with Crippen LogP contribution in [0.3, 0.4) is 0 Å². The Hall–Kier alpha value is -1.30. The number of aryl methyl sites for hydroxylation is 1. The van der Waals surface area contributed by atoms with Crippen molar-refractivity contribution in [1.29, 1.82) is 0 Å². The zero-order chi connectivity index (χ0) is 11.5. The van der Waals surface area contributed by atoms with Gasteiger partial charge in [0.1, 0.15) is 5.82 Å². The zero-order valence-electron chi connectivity index (χ0n) is 8.92. The van der Waals surface area contributed by atoms with Crippen LogP contribution in [0.25, 0.3) is 10.6 Å². The first-order valence-electron chi connectivity index (χ1n) is 4.96. The number of hydrogen-bond donors (Lipinski definition) is 2. The lowest BCUT2D eigenvalue weighted by Crippen LogP contribution is -2.18. The fourth-order valence-electron chi connectivity index (χ4n) is 1.39. The van der Waals surface area contributed by atoms with Gasteiger partial charge in [-0.05, 0) is 24.4 Å². The second-order valence-corrected chi connectivity index (χ2v) is 4.47. The van der Waals surface area contributed by atoms with E-state index in [-0.39, 0.29) is 6.61 Å². The molecule has 1 atom stereocenters. The second-order valence-electron chi connectivity index (χ2n) is 3.52. The Labute approximate surface area is 97.8 Å². The maximum absolute atomic E-state index is 9.00. The number of aliphatic hydroxyl groups is 1. The third-order valence-corrected chi connectivity index (χ3v) is 3.07. The molecule has 0 spiro atoms. The largest absolute Gasteiger partial charge is 0.394 e. The minimum absolute atomic E-state index is 0.146. The van der Waals surface area contributed by atoms with E-state index in [1.54, 1.807) is 11.3 Å². The van der Waals surface area contributed by atoms with E-state index in [1.165, 1.54) is 0 Å². The molecule has 0 radical (unpaired) electrons. The topological polar surface area (TPSA) is 72.0 Å². The average molecular weight is 235 g/mol. The maximum Gasteiger partial charge on any atom is 0.148 e. The molecular formula is C11H13N3OS. The fraction of sp³-hybridized carbons (Fsp3) is 0.273. The fourth-order valence-corrected chi connectivity index (χ4v) is 2.08. The minimum Gasteiger partial charge on any atom is -0.394 e. The van der Waals surface area contributed by atoms with Gasteiger partial charge in [0.05, 0.1) is 23.2 Å². The maximum atomic E-state index is 9.00. The van der Waals surface area contributed by atoms with Crippen LogP contribution < -0.4 is 5.73 Å². The molecule has 0 bridgehead atoms. The number of hydrogen-bond acceptors (Lipinski definition) is 5. The van der Waals surface area contributed by atoms with Gasteiger partial charge in [-0.1, -0.05) is 6.07 Å². The molecule has 16 heavy (non-hydrogen) atoms. The van der Waals surface area contributed by atoms with Gasteiger partial charge < -0.3 is 10.8 Å². The molecule has 1 unspecified atom stereocenters. The number of aliphatic hydroxyl groups excluding tert-OH is 1. The van der Waals surface area contributed by atoms with Gasteiger partial charge in [-0.25, -0.2) is 9.97 Å². The van der Waals surface area contributed by atoms with E-state index in [2.05, 4.69) is 9.97 Å². The Morgan fingerprint density at radius 1 is 1.50 bits per heavy atom. The lowest BCUT2D eigenvalue weighted by atomic mass is 10.2. The van der Waals surface area contributed by atoms with Crippen LogP contribution in [0.4, 0.5) is 0 Å². The van der Waals surface area contributed by atoms with Crippen molar-refractivity contribution in [1.82, 2.24) is 9.97 Å². The highest BCUT2D eigenvalue weighted by Gasteiger charge is 2.11.